The van der Waals surface area contributed by atoms with Crippen molar-refractivity contribution in [2.45, 2.75) is 6.54 Å². The van der Waals surface area contributed by atoms with E-state index in [9.17, 15) is 4.79 Å². The first kappa shape index (κ1) is 20.8. The molecule has 3 aromatic heterocycles. The molecule has 0 fully saturated rings. The van der Waals surface area contributed by atoms with Crippen LogP contribution in [-0.2, 0) is 6.54 Å². The van der Waals surface area contributed by atoms with Gasteiger partial charge in [-0.3, -0.25) is 19.5 Å². The minimum absolute atomic E-state index is 0.278. The standard InChI is InChI=1S/C24H20N6O2S/c1-32-18-7-5-16(6-8-18)13-30-14-17(12-27-30)24-29-21(15-33-24)23(31)28-20-9-11-26-22(20)19-4-2-3-10-25-19/h2-10,12,14-15H,11,13H2,1H3,(H,28,31). The minimum atomic E-state index is -0.278. The molecule has 0 spiro atoms. The zero-order valence-electron chi connectivity index (χ0n) is 17.8. The van der Waals surface area contributed by atoms with Gasteiger partial charge in [0.1, 0.15) is 22.2 Å². The molecule has 0 aliphatic carbocycles. The number of nitrogens with zero attached hydrogens (tertiary/aromatic N) is 5. The number of benzene rings is 1. The molecule has 164 valence electrons. The molecule has 0 bridgehead atoms. The number of allylic oxidation sites excluding steroid dienone is 1. The van der Waals surface area contributed by atoms with Gasteiger partial charge in [0.25, 0.3) is 5.91 Å². The van der Waals surface area contributed by atoms with Gasteiger partial charge in [0.2, 0.25) is 0 Å². The summed E-state index contributed by atoms with van der Waals surface area (Å²) in [7, 11) is 1.65. The van der Waals surface area contributed by atoms with Crippen molar-refractivity contribution in [3.63, 3.8) is 0 Å². The van der Waals surface area contributed by atoms with Crippen molar-refractivity contribution in [3.05, 3.63) is 95.2 Å². The molecule has 1 N–H and O–H groups in total. The highest BCUT2D eigenvalue weighted by molar-refractivity contribution is 7.13. The highest BCUT2D eigenvalue weighted by atomic mass is 32.1. The lowest BCUT2D eigenvalue weighted by atomic mass is 10.2. The Balaban J connectivity index is 1.26. The van der Waals surface area contributed by atoms with Crippen LogP contribution in [0.5, 0.6) is 5.75 Å². The van der Waals surface area contributed by atoms with Gasteiger partial charge in [0, 0.05) is 23.3 Å². The number of pyridine rings is 1. The predicted molar refractivity (Wildman–Crippen MR) is 127 cm³/mol. The van der Waals surface area contributed by atoms with Crippen LogP contribution in [0.2, 0.25) is 0 Å². The van der Waals surface area contributed by atoms with E-state index in [2.05, 4.69) is 25.4 Å². The number of carbonyl (C=O) groups excluding carboxylic acids is 1. The van der Waals surface area contributed by atoms with E-state index in [4.69, 9.17) is 4.74 Å². The normalized spacial score (nSPS) is 12.9. The van der Waals surface area contributed by atoms with Gasteiger partial charge >= 0.3 is 0 Å². The lowest BCUT2D eigenvalue weighted by Crippen LogP contribution is -2.27. The van der Waals surface area contributed by atoms with Crippen molar-refractivity contribution in [3.8, 4) is 16.3 Å². The number of nitrogens with one attached hydrogen (secondary N) is 1. The number of ether oxygens (including phenoxy) is 1. The highest BCUT2D eigenvalue weighted by Crippen LogP contribution is 2.24. The Morgan fingerprint density at radius 2 is 2.09 bits per heavy atom. The van der Waals surface area contributed by atoms with E-state index in [1.54, 1.807) is 24.9 Å². The second-order valence-electron chi connectivity index (χ2n) is 7.29. The van der Waals surface area contributed by atoms with E-state index in [1.807, 2.05) is 59.4 Å². The summed E-state index contributed by atoms with van der Waals surface area (Å²) in [6.45, 7) is 1.14. The lowest BCUT2D eigenvalue weighted by molar-refractivity contribution is 0.0964. The number of aromatic nitrogens is 4. The number of methoxy groups -OCH3 is 1. The molecular weight excluding hydrogens is 436 g/mol. The molecule has 8 nitrogen and oxygen atoms in total. The first-order valence-corrected chi connectivity index (χ1v) is 11.2. The molecule has 4 heterocycles. The van der Waals surface area contributed by atoms with E-state index >= 15 is 0 Å². The molecule has 0 saturated carbocycles. The van der Waals surface area contributed by atoms with Gasteiger partial charge in [-0.2, -0.15) is 5.10 Å². The monoisotopic (exact) mass is 456 g/mol. The molecule has 1 aromatic carbocycles. The fraction of sp³-hybridized carbons (Fsp3) is 0.125. The van der Waals surface area contributed by atoms with Crippen molar-refractivity contribution < 1.29 is 9.53 Å². The largest absolute Gasteiger partial charge is 0.497 e. The number of carbonyl (C=O) groups is 1. The number of thiazole rings is 1. The molecule has 9 heteroatoms. The van der Waals surface area contributed by atoms with Gasteiger partial charge in [0.15, 0.2) is 0 Å². The first-order chi connectivity index (χ1) is 16.2. The van der Waals surface area contributed by atoms with Crippen molar-refractivity contribution in [2.24, 2.45) is 4.99 Å². The van der Waals surface area contributed by atoms with Crippen LogP contribution in [0.1, 0.15) is 21.7 Å². The molecule has 0 radical (unpaired) electrons. The maximum atomic E-state index is 12.8. The number of rotatable bonds is 7. The van der Waals surface area contributed by atoms with Crippen LogP contribution in [-0.4, -0.2) is 45.0 Å². The molecule has 1 aliphatic rings. The van der Waals surface area contributed by atoms with E-state index < -0.39 is 0 Å². The molecule has 5 rings (SSSR count). The Labute approximate surface area is 194 Å². The maximum absolute atomic E-state index is 12.8. The van der Waals surface area contributed by atoms with E-state index in [0.717, 1.165) is 27.6 Å². The van der Waals surface area contributed by atoms with Crippen LogP contribution in [0, 0.1) is 0 Å². The molecule has 33 heavy (non-hydrogen) atoms. The minimum Gasteiger partial charge on any atom is -0.497 e. The summed E-state index contributed by atoms with van der Waals surface area (Å²) >= 11 is 1.41. The van der Waals surface area contributed by atoms with Gasteiger partial charge < -0.3 is 10.1 Å². The lowest BCUT2D eigenvalue weighted by Gasteiger charge is -2.07. The Kier molecular flexibility index (Phi) is 5.77. The molecule has 0 unspecified atom stereocenters. The summed E-state index contributed by atoms with van der Waals surface area (Å²) in [4.78, 5) is 26.1. The number of aliphatic imine (C=N–C) groups is 1. The SMILES string of the molecule is COc1ccc(Cn2cc(-c3nc(C(=O)NC4=CCN=C4c4ccccn4)cs3)cn2)cc1. The first-order valence-electron chi connectivity index (χ1n) is 10.3. The van der Waals surface area contributed by atoms with Crippen molar-refractivity contribution in [1.29, 1.82) is 0 Å². The quantitative estimate of drug-likeness (QED) is 0.459. The van der Waals surface area contributed by atoms with E-state index in [1.165, 1.54) is 11.3 Å². The average Bonchev–Trinajstić information content (AvgIpc) is 3.61. The summed E-state index contributed by atoms with van der Waals surface area (Å²) < 4.78 is 7.04. The smallest absolute Gasteiger partial charge is 0.275 e. The zero-order valence-corrected chi connectivity index (χ0v) is 18.6. The molecular formula is C24H20N6O2S. The van der Waals surface area contributed by atoms with Gasteiger partial charge in [-0.1, -0.05) is 18.2 Å². The molecule has 4 aromatic rings. The third-order valence-electron chi connectivity index (χ3n) is 5.08. The summed E-state index contributed by atoms with van der Waals surface area (Å²) in [5.74, 6) is 0.542. The summed E-state index contributed by atoms with van der Waals surface area (Å²) in [6, 6.07) is 13.5. The Bertz CT molecular complexity index is 1340. The highest BCUT2D eigenvalue weighted by Gasteiger charge is 2.20. The Morgan fingerprint density at radius 1 is 1.21 bits per heavy atom. The van der Waals surface area contributed by atoms with Gasteiger partial charge in [0.05, 0.1) is 37.8 Å². The van der Waals surface area contributed by atoms with E-state index in [-0.39, 0.29) is 5.91 Å². The molecule has 1 aliphatic heterocycles. The van der Waals surface area contributed by atoms with Gasteiger partial charge in [-0.25, -0.2) is 4.98 Å². The van der Waals surface area contributed by atoms with Crippen LogP contribution < -0.4 is 10.1 Å². The van der Waals surface area contributed by atoms with Crippen LogP contribution in [0.25, 0.3) is 10.6 Å². The fourth-order valence-electron chi connectivity index (χ4n) is 3.42. The third-order valence-corrected chi connectivity index (χ3v) is 5.97. The Hall–Kier alpha value is -4.11. The summed E-state index contributed by atoms with van der Waals surface area (Å²) in [5, 5.41) is 9.84. The number of hydrogen-bond donors (Lipinski definition) is 1. The van der Waals surface area contributed by atoms with Crippen LogP contribution in [0.3, 0.4) is 0 Å². The van der Waals surface area contributed by atoms with E-state index in [0.29, 0.717) is 30.2 Å². The van der Waals surface area contributed by atoms with Crippen molar-refractivity contribution in [2.75, 3.05) is 13.7 Å². The van der Waals surface area contributed by atoms with Crippen LogP contribution >= 0.6 is 11.3 Å². The van der Waals surface area contributed by atoms with Crippen LogP contribution in [0.15, 0.2) is 83.2 Å². The topological polar surface area (TPSA) is 94.3 Å². The second kappa shape index (κ2) is 9.17. The van der Waals surface area contributed by atoms with Gasteiger partial charge in [-0.15, -0.1) is 11.3 Å². The maximum Gasteiger partial charge on any atom is 0.275 e. The molecule has 1 amide bonds. The zero-order chi connectivity index (χ0) is 22.6. The summed E-state index contributed by atoms with van der Waals surface area (Å²) in [5.41, 5.74) is 4.39. The molecule has 0 atom stereocenters. The number of amides is 1. The van der Waals surface area contributed by atoms with Gasteiger partial charge in [-0.05, 0) is 35.9 Å². The van der Waals surface area contributed by atoms with Crippen molar-refractivity contribution in [1.82, 2.24) is 25.1 Å². The van der Waals surface area contributed by atoms with Crippen LogP contribution in [0.4, 0.5) is 0 Å². The summed E-state index contributed by atoms with van der Waals surface area (Å²) in [6.07, 6.45) is 7.26. The second-order valence-corrected chi connectivity index (χ2v) is 8.15. The average molecular weight is 457 g/mol. The third kappa shape index (κ3) is 4.58. The number of hydrogen-bond acceptors (Lipinski definition) is 7. The fourth-order valence-corrected chi connectivity index (χ4v) is 4.19. The van der Waals surface area contributed by atoms with Crippen molar-refractivity contribution >= 4 is 23.0 Å². The molecule has 0 saturated heterocycles. The Morgan fingerprint density at radius 3 is 2.88 bits per heavy atom. The predicted octanol–water partition coefficient (Wildman–Crippen LogP) is 3.58.